The summed E-state index contributed by atoms with van der Waals surface area (Å²) in [5.74, 6) is 0.774. The van der Waals surface area contributed by atoms with Gasteiger partial charge in [-0.15, -0.1) is 0 Å². The van der Waals surface area contributed by atoms with E-state index >= 15 is 0 Å². The largest absolute Gasteiger partial charge is 0.498 e. The van der Waals surface area contributed by atoms with Crippen molar-refractivity contribution in [3.8, 4) is 5.75 Å². The highest BCUT2D eigenvalue weighted by molar-refractivity contribution is 5.42. The molecule has 0 N–H and O–H groups in total. The van der Waals surface area contributed by atoms with E-state index in [1.807, 2.05) is 54.6 Å². The van der Waals surface area contributed by atoms with Crippen molar-refractivity contribution in [1.29, 1.82) is 0 Å². The number of azo groups is 1. The van der Waals surface area contributed by atoms with Crippen molar-refractivity contribution < 1.29 is 9.47 Å². The van der Waals surface area contributed by atoms with Crippen LogP contribution >= 0.6 is 0 Å². The van der Waals surface area contributed by atoms with E-state index in [9.17, 15) is 0 Å². The molecule has 4 heteroatoms. The summed E-state index contributed by atoms with van der Waals surface area (Å²) in [5.41, 5.74) is 1.61. The van der Waals surface area contributed by atoms with E-state index in [-0.39, 0.29) is 0 Å². The van der Waals surface area contributed by atoms with Gasteiger partial charge in [-0.05, 0) is 36.4 Å². The first-order chi connectivity index (χ1) is 9.88. The van der Waals surface area contributed by atoms with Gasteiger partial charge in [0.2, 0.25) is 0 Å². The molecule has 102 valence electrons. The van der Waals surface area contributed by atoms with Crippen LogP contribution in [0.4, 0.5) is 11.4 Å². The Kier molecular flexibility index (Phi) is 5.34. The zero-order chi connectivity index (χ0) is 14.0. The normalized spacial score (nSPS) is 10.4. The van der Waals surface area contributed by atoms with E-state index in [4.69, 9.17) is 9.47 Å². The van der Waals surface area contributed by atoms with Crippen LogP contribution in [-0.2, 0) is 4.74 Å². The van der Waals surface area contributed by atoms with Crippen molar-refractivity contribution in [3.05, 3.63) is 67.4 Å². The van der Waals surface area contributed by atoms with Crippen LogP contribution in [0, 0.1) is 0 Å². The lowest BCUT2D eigenvalue weighted by atomic mass is 10.3. The lowest BCUT2D eigenvalue weighted by Crippen LogP contribution is -2.03. The Labute approximate surface area is 118 Å². The third-order valence-electron chi connectivity index (χ3n) is 2.46. The van der Waals surface area contributed by atoms with Gasteiger partial charge < -0.3 is 9.47 Å². The van der Waals surface area contributed by atoms with Crippen molar-refractivity contribution in [2.45, 2.75) is 0 Å². The molecule has 0 unspecified atom stereocenters. The van der Waals surface area contributed by atoms with Crippen molar-refractivity contribution >= 4 is 11.4 Å². The number of hydrogen-bond acceptors (Lipinski definition) is 4. The van der Waals surface area contributed by atoms with Crippen LogP contribution in [0.5, 0.6) is 5.75 Å². The van der Waals surface area contributed by atoms with Crippen molar-refractivity contribution in [1.82, 2.24) is 0 Å². The summed E-state index contributed by atoms with van der Waals surface area (Å²) in [5, 5.41) is 8.30. The number of nitrogens with zero attached hydrogens (tertiary/aromatic N) is 2. The summed E-state index contributed by atoms with van der Waals surface area (Å²) in [7, 11) is 0. The molecule has 0 atom stereocenters. The van der Waals surface area contributed by atoms with Crippen LogP contribution in [0.3, 0.4) is 0 Å². The predicted molar refractivity (Wildman–Crippen MR) is 78.7 cm³/mol. The van der Waals surface area contributed by atoms with Gasteiger partial charge in [-0.25, -0.2) is 0 Å². The van der Waals surface area contributed by atoms with E-state index in [1.54, 1.807) is 0 Å². The quantitative estimate of drug-likeness (QED) is 0.417. The van der Waals surface area contributed by atoms with E-state index < -0.39 is 0 Å². The molecular weight excluding hydrogens is 252 g/mol. The maximum absolute atomic E-state index is 5.48. The summed E-state index contributed by atoms with van der Waals surface area (Å²) in [6.07, 6.45) is 1.40. The van der Waals surface area contributed by atoms with Crippen LogP contribution in [0.25, 0.3) is 0 Å². The summed E-state index contributed by atoms with van der Waals surface area (Å²) in [6.45, 7) is 4.43. The zero-order valence-electron chi connectivity index (χ0n) is 11.1. The van der Waals surface area contributed by atoms with Gasteiger partial charge in [-0.3, -0.25) is 0 Å². The molecule has 0 amide bonds. The first kappa shape index (κ1) is 13.8. The molecule has 0 saturated heterocycles. The Morgan fingerprint density at radius 3 is 2.15 bits per heavy atom. The van der Waals surface area contributed by atoms with E-state index in [0.717, 1.165) is 17.1 Å². The Morgan fingerprint density at radius 1 is 0.850 bits per heavy atom. The SMILES string of the molecule is C=COCCOc1ccc(N=Nc2ccccc2)cc1. The maximum atomic E-state index is 5.48. The highest BCUT2D eigenvalue weighted by atomic mass is 16.5. The standard InChI is InChI=1S/C16H16N2O2/c1-2-19-12-13-20-16-10-8-15(9-11-16)18-17-14-6-4-3-5-7-14/h2-11H,1,12-13H2. The smallest absolute Gasteiger partial charge is 0.122 e. The van der Waals surface area contributed by atoms with Gasteiger partial charge in [0, 0.05) is 0 Å². The molecule has 0 aliphatic carbocycles. The molecule has 4 nitrogen and oxygen atoms in total. The van der Waals surface area contributed by atoms with Gasteiger partial charge >= 0.3 is 0 Å². The molecule has 20 heavy (non-hydrogen) atoms. The van der Waals surface area contributed by atoms with Crippen molar-refractivity contribution in [3.63, 3.8) is 0 Å². The van der Waals surface area contributed by atoms with E-state index in [0.29, 0.717) is 13.2 Å². The van der Waals surface area contributed by atoms with Crippen LogP contribution in [0.15, 0.2) is 77.7 Å². The second-order valence-electron chi connectivity index (χ2n) is 3.92. The first-order valence-corrected chi connectivity index (χ1v) is 6.30. The summed E-state index contributed by atoms with van der Waals surface area (Å²) < 4.78 is 10.5. The summed E-state index contributed by atoms with van der Waals surface area (Å²) in [4.78, 5) is 0. The average molecular weight is 268 g/mol. The molecule has 0 aliphatic heterocycles. The Hall–Kier alpha value is -2.62. The van der Waals surface area contributed by atoms with Gasteiger partial charge in [0.05, 0.1) is 17.6 Å². The minimum atomic E-state index is 0.483. The summed E-state index contributed by atoms with van der Waals surface area (Å²) >= 11 is 0. The van der Waals surface area contributed by atoms with Gasteiger partial charge in [0.1, 0.15) is 19.0 Å². The highest BCUT2D eigenvalue weighted by Gasteiger charge is 1.95. The van der Waals surface area contributed by atoms with Crippen LogP contribution in [0.2, 0.25) is 0 Å². The van der Waals surface area contributed by atoms with E-state index in [2.05, 4.69) is 16.8 Å². The molecule has 0 bridgehead atoms. The van der Waals surface area contributed by atoms with Gasteiger partial charge in [0.15, 0.2) is 0 Å². The van der Waals surface area contributed by atoms with Crippen LogP contribution in [0.1, 0.15) is 0 Å². The fraction of sp³-hybridized carbons (Fsp3) is 0.125. The molecule has 0 aliphatic rings. The van der Waals surface area contributed by atoms with Gasteiger partial charge in [-0.1, -0.05) is 24.8 Å². The van der Waals surface area contributed by atoms with Crippen LogP contribution in [-0.4, -0.2) is 13.2 Å². The molecule has 2 aromatic carbocycles. The topological polar surface area (TPSA) is 43.2 Å². The lowest BCUT2D eigenvalue weighted by Gasteiger charge is -2.05. The predicted octanol–water partition coefficient (Wildman–Crippen LogP) is 4.64. The fourth-order valence-corrected chi connectivity index (χ4v) is 1.51. The third kappa shape index (κ3) is 4.57. The number of ether oxygens (including phenoxy) is 2. The minimum absolute atomic E-state index is 0.483. The van der Waals surface area contributed by atoms with Crippen LogP contribution < -0.4 is 4.74 Å². The minimum Gasteiger partial charge on any atom is -0.498 e. The molecule has 0 spiro atoms. The van der Waals surface area contributed by atoms with Crippen molar-refractivity contribution in [2.24, 2.45) is 10.2 Å². The first-order valence-electron chi connectivity index (χ1n) is 6.30. The number of hydrogen-bond donors (Lipinski definition) is 0. The average Bonchev–Trinajstić information content (AvgIpc) is 2.52. The summed E-state index contributed by atoms with van der Waals surface area (Å²) in [6, 6.07) is 17.0. The molecule has 0 heterocycles. The second-order valence-corrected chi connectivity index (χ2v) is 3.92. The van der Waals surface area contributed by atoms with E-state index in [1.165, 1.54) is 6.26 Å². The monoisotopic (exact) mass is 268 g/mol. The van der Waals surface area contributed by atoms with Gasteiger partial charge in [-0.2, -0.15) is 10.2 Å². The number of benzene rings is 2. The molecule has 0 fully saturated rings. The van der Waals surface area contributed by atoms with Crippen molar-refractivity contribution in [2.75, 3.05) is 13.2 Å². The molecule has 0 saturated carbocycles. The lowest BCUT2D eigenvalue weighted by molar-refractivity contribution is 0.179. The Balaban J connectivity index is 1.88. The molecule has 2 rings (SSSR count). The zero-order valence-corrected chi connectivity index (χ0v) is 11.1. The molecular formula is C16H16N2O2. The second kappa shape index (κ2) is 7.74. The number of rotatable bonds is 7. The maximum Gasteiger partial charge on any atom is 0.122 e. The Bertz CT molecular complexity index is 550. The molecule has 0 radical (unpaired) electrons. The highest BCUT2D eigenvalue weighted by Crippen LogP contribution is 2.20. The van der Waals surface area contributed by atoms with Gasteiger partial charge in [0.25, 0.3) is 0 Å². The Morgan fingerprint density at radius 2 is 1.50 bits per heavy atom. The fourth-order valence-electron chi connectivity index (χ4n) is 1.51. The third-order valence-corrected chi connectivity index (χ3v) is 2.46. The molecule has 2 aromatic rings. The molecule has 0 aromatic heterocycles.